The van der Waals surface area contributed by atoms with Crippen molar-refractivity contribution in [3.63, 3.8) is 0 Å². The van der Waals surface area contributed by atoms with E-state index in [0.29, 0.717) is 12.5 Å². The third-order valence-corrected chi connectivity index (χ3v) is 4.08. The summed E-state index contributed by atoms with van der Waals surface area (Å²) in [5.74, 6) is 2.24. The summed E-state index contributed by atoms with van der Waals surface area (Å²) in [5, 5.41) is 10.5. The highest BCUT2D eigenvalue weighted by Crippen LogP contribution is 2.14. The van der Waals surface area contributed by atoms with Crippen LogP contribution in [0.5, 0.6) is 0 Å². The molecule has 7 nitrogen and oxygen atoms in total. The fourth-order valence-electron chi connectivity index (χ4n) is 2.54. The van der Waals surface area contributed by atoms with Crippen molar-refractivity contribution >= 4 is 29.9 Å². The smallest absolute Gasteiger partial charge is 0.191 e. The van der Waals surface area contributed by atoms with Crippen molar-refractivity contribution in [2.45, 2.75) is 39.2 Å². The van der Waals surface area contributed by atoms with Gasteiger partial charge in [0.2, 0.25) is 0 Å². The van der Waals surface area contributed by atoms with Gasteiger partial charge in [-0.2, -0.15) is 0 Å². The molecule has 144 valence electrons. The highest BCUT2D eigenvalue weighted by molar-refractivity contribution is 14.0. The van der Waals surface area contributed by atoms with Gasteiger partial charge in [-0.05, 0) is 31.6 Å². The molecular weight excluding hydrogens is 435 g/mol. The quantitative estimate of drug-likeness (QED) is 0.252. The van der Waals surface area contributed by atoms with E-state index in [4.69, 9.17) is 14.0 Å². The van der Waals surface area contributed by atoms with E-state index in [-0.39, 0.29) is 24.0 Å². The lowest BCUT2D eigenvalue weighted by molar-refractivity contribution is 0.0203. The molecule has 0 bridgehead atoms. The summed E-state index contributed by atoms with van der Waals surface area (Å²) >= 11 is 0. The van der Waals surface area contributed by atoms with Crippen LogP contribution in [0.4, 0.5) is 0 Å². The molecule has 8 heteroatoms. The molecule has 1 aliphatic heterocycles. The van der Waals surface area contributed by atoms with E-state index < -0.39 is 0 Å². The maximum absolute atomic E-state index is 5.75. The van der Waals surface area contributed by atoms with Gasteiger partial charge < -0.3 is 24.6 Å². The van der Waals surface area contributed by atoms with Crippen LogP contribution in [0.1, 0.15) is 37.6 Å². The predicted molar refractivity (Wildman–Crippen MR) is 108 cm³/mol. The first-order valence-electron chi connectivity index (χ1n) is 8.86. The molecule has 0 spiro atoms. The summed E-state index contributed by atoms with van der Waals surface area (Å²) < 4.78 is 16.3. The molecule has 0 saturated carbocycles. The van der Waals surface area contributed by atoms with Crippen molar-refractivity contribution in [3.8, 4) is 0 Å². The Balaban J connectivity index is 0.00000312. The third-order valence-electron chi connectivity index (χ3n) is 4.08. The number of guanidine groups is 1. The van der Waals surface area contributed by atoms with E-state index in [1.54, 1.807) is 7.05 Å². The molecule has 1 fully saturated rings. The molecule has 0 aliphatic carbocycles. The van der Waals surface area contributed by atoms with Crippen LogP contribution in [0.25, 0.3) is 0 Å². The predicted octanol–water partition coefficient (Wildman–Crippen LogP) is 2.35. The highest BCUT2D eigenvalue weighted by atomic mass is 127. The van der Waals surface area contributed by atoms with E-state index in [2.05, 4.69) is 27.7 Å². The van der Waals surface area contributed by atoms with Gasteiger partial charge in [0.25, 0.3) is 0 Å². The second kappa shape index (κ2) is 13.3. The Kier molecular flexibility index (Phi) is 11.8. The number of rotatable bonds is 9. The zero-order valence-electron chi connectivity index (χ0n) is 15.3. The topological polar surface area (TPSA) is 80.9 Å². The lowest BCUT2D eigenvalue weighted by Gasteiger charge is -2.21. The largest absolute Gasteiger partial charge is 0.381 e. The number of halogens is 1. The van der Waals surface area contributed by atoms with Gasteiger partial charge in [-0.3, -0.25) is 4.99 Å². The summed E-state index contributed by atoms with van der Waals surface area (Å²) in [5.41, 5.74) is 0.969. The number of nitrogens with zero attached hydrogens (tertiary/aromatic N) is 2. The van der Waals surface area contributed by atoms with Gasteiger partial charge in [-0.15, -0.1) is 24.0 Å². The first-order chi connectivity index (χ1) is 11.8. The highest BCUT2D eigenvalue weighted by Gasteiger charge is 2.13. The number of nitrogens with one attached hydrogen (secondary N) is 2. The molecule has 2 N–H and O–H groups in total. The molecular formula is C17H31IN4O3. The number of hydrogen-bond donors (Lipinski definition) is 2. The average molecular weight is 466 g/mol. The fourth-order valence-corrected chi connectivity index (χ4v) is 2.54. The summed E-state index contributed by atoms with van der Waals surface area (Å²) in [6.07, 6.45) is 4.07. The van der Waals surface area contributed by atoms with E-state index in [1.165, 1.54) is 0 Å². The monoisotopic (exact) mass is 466 g/mol. The van der Waals surface area contributed by atoms with Crippen LogP contribution < -0.4 is 10.6 Å². The normalized spacial score (nSPS) is 15.7. The minimum Gasteiger partial charge on any atom is -0.381 e. The molecule has 0 amide bonds. The van der Waals surface area contributed by atoms with Crippen LogP contribution in [0.2, 0.25) is 0 Å². The fraction of sp³-hybridized carbons (Fsp3) is 0.765. The van der Waals surface area contributed by atoms with E-state index in [0.717, 1.165) is 76.1 Å². The molecule has 1 aromatic heterocycles. The molecule has 0 atom stereocenters. The van der Waals surface area contributed by atoms with Gasteiger partial charge in [0.15, 0.2) is 11.7 Å². The van der Waals surface area contributed by atoms with Crippen LogP contribution in [0.15, 0.2) is 15.6 Å². The number of hydrogen-bond acceptors (Lipinski definition) is 5. The zero-order valence-corrected chi connectivity index (χ0v) is 17.6. The number of aromatic nitrogens is 1. The molecule has 0 unspecified atom stereocenters. The minimum absolute atomic E-state index is 0. The summed E-state index contributed by atoms with van der Waals surface area (Å²) in [7, 11) is 1.76. The van der Waals surface area contributed by atoms with Gasteiger partial charge >= 0.3 is 0 Å². The van der Waals surface area contributed by atoms with Crippen LogP contribution in [0.3, 0.4) is 0 Å². The van der Waals surface area contributed by atoms with Crippen molar-refractivity contribution in [3.05, 3.63) is 17.5 Å². The van der Waals surface area contributed by atoms with Crippen LogP contribution >= 0.6 is 24.0 Å². The maximum Gasteiger partial charge on any atom is 0.191 e. The minimum atomic E-state index is 0. The van der Waals surface area contributed by atoms with E-state index in [9.17, 15) is 0 Å². The van der Waals surface area contributed by atoms with Gasteiger partial charge in [0, 0.05) is 46.1 Å². The van der Waals surface area contributed by atoms with Crippen LogP contribution in [-0.2, 0) is 22.4 Å². The van der Waals surface area contributed by atoms with Gasteiger partial charge in [0.1, 0.15) is 0 Å². The molecule has 25 heavy (non-hydrogen) atoms. The SMILES string of the molecule is CCc1cc(CNC(=NC)NCCCOCC2CCOCC2)on1.I. The standard InChI is InChI=1S/C17H30N4O3.HI/c1-3-15-11-16(24-21-15)12-20-17(18-2)19-7-4-8-23-13-14-5-9-22-10-6-14;/h11,14H,3-10,12-13H2,1-2H3,(H2,18,19,20);1H. The number of aryl methyl sites for hydroxylation is 1. The third kappa shape index (κ3) is 8.87. The van der Waals surface area contributed by atoms with Gasteiger partial charge in [-0.25, -0.2) is 0 Å². The second-order valence-corrected chi connectivity index (χ2v) is 5.97. The molecule has 2 rings (SSSR count). The molecule has 1 aromatic rings. The second-order valence-electron chi connectivity index (χ2n) is 5.97. The summed E-state index contributed by atoms with van der Waals surface area (Å²) in [4.78, 5) is 4.20. The Labute approximate surface area is 167 Å². The average Bonchev–Trinajstić information content (AvgIpc) is 3.09. The van der Waals surface area contributed by atoms with E-state index >= 15 is 0 Å². The van der Waals surface area contributed by atoms with Crippen LogP contribution in [0, 0.1) is 5.92 Å². The molecule has 0 radical (unpaired) electrons. The van der Waals surface area contributed by atoms with Crippen LogP contribution in [-0.4, -0.2) is 51.1 Å². The molecule has 1 saturated heterocycles. The number of aliphatic imine (C=N–C) groups is 1. The molecule has 0 aromatic carbocycles. The first-order valence-corrected chi connectivity index (χ1v) is 8.86. The summed E-state index contributed by atoms with van der Waals surface area (Å²) in [6, 6.07) is 1.96. The van der Waals surface area contributed by atoms with Crippen molar-refractivity contribution in [1.29, 1.82) is 0 Å². The Morgan fingerprint density at radius 2 is 2.16 bits per heavy atom. The Hall–Kier alpha value is -0.870. The van der Waals surface area contributed by atoms with E-state index in [1.807, 2.05) is 6.07 Å². The zero-order chi connectivity index (χ0) is 17.0. The van der Waals surface area contributed by atoms with Crippen molar-refractivity contribution < 1.29 is 14.0 Å². The maximum atomic E-state index is 5.75. The van der Waals surface area contributed by atoms with Crippen molar-refractivity contribution in [1.82, 2.24) is 15.8 Å². The van der Waals surface area contributed by atoms with Gasteiger partial charge in [0.05, 0.1) is 12.2 Å². The molecule has 2 heterocycles. The van der Waals surface area contributed by atoms with Crippen molar-refractivity contribution in [2.24, 2.45) is 10.9 Å². The first kappa shape index (κ1) is 22.2. The Morgan fingerprint density at radius 1 is 1.36 bits per heavy atom. The number of ether oxygens (including phenoxy) is 2. The lowest BCUT2D eigenvalue weighted by Crippen LogP contribution is -2.37. The van der Waals surface area contributed by atoms with Gasteiger partial charge in [-0.1, -0.05) is 12.1 Å². The molecule has 1 aliphatic rings. The summed E-state index contributed by atoms with van der Waals surface area (Å²) in [6.45, 7) is 6.83. The van der Waals surface area contributed by atoms with Crippen molar-refractivity contribution in [2.75, 3.05) is 40.0 Å². The lowest BCUT2D eigenvalue weighted by atomic mass is 10.0. The Morgan fingerprint density at radius 3 is 2.84 bits per heavy atom. The Bertz CT molecular complexity index is 490.